The van der Waals surface area contributed by atoms with Gasteiger partial charge in [0.1, 0.15) is 5.25 Å². The third-order valence-electron chi connectivity index (χ3n) is 1.96. The summed E-state index contributed by atoms with van der Waals surface area (Å²) < 4.78 is 0. The zero-order chi connectivity index (χ0) is 12.1. The van der Waals surface area contributed by atoms with Crippen LogP contribution < -0.4 is 5.32 Å². The molecule has 0 aliphatic carbocycles. The Morgan fingerprint density at radius 3 is 2.88 bits per heavy atom. The fraction of sp³-hybridized carbons (Fsp3) is 0.556. The van der Waals surface area contributed by atoms with Gasteiger partial charge in [-0.15, -0.1) is 5.10 Å². The average molecular weight is 243 g/mol. The van der Waals surface area contributed by atoms with Gasteiger partial charge in [0, 0.05) is 5.71 Å². The minimum Gasteiger partial charge on any atom is -0.481 e. The molecule has 1 aliphatic heterocycles. The zero-order valence-corrected chi connectivity index (χ0v) is 9.87. The van der Waals surface area contributed by atoms with Gasteiger partial charge in [0.05, 0.1) is 6.42 Å². The Kier molecular flexibility index (Phi) is 4.48. The summed E-state index contributed by atoms with van der Waals surface area (Å²) in [4.78, 5) is 21.8. The molecule has 0 bridgehead atoms. The highest BCUT2D eigenvalue weighted by atomic mass is 32.2. The van der Waals surface area contributed by atoms with Crippen LogP contribution in [0.15, 0.2) is 10.2 Å². The predicted molar refractivity (Wildman–Crippen MR) is 62.6 cm³/mol. The summed E-state index contributed by atoms with van der Waals surface area (Å²) in [5.41, 5.74) is 0.851. The third kappa shape index (κ3) is 3.65. The molecule has 1 rings (SSSR count). The molecular formula is C9H13N3O3S. The molecule has 1 atom stereocenters. The lowest BCUT2D eigenvalue weighted by Gasteiger charge is -1.97. The van der Waals surface area contributed by atoms with Crippen LogP contribution in [0.1, 0.15) is 26.7 Å². The van der Waals surface area contributed by atoms with Crippen molar-refractivity contribution in [2.24, 2.45) is 10.2 Å². The van der Waals surface area contributed by atoms with E-state index in [1.165, 1.54) is 0 Å². The van der Waals surface area contributed by atoms with E-state index in [9.17, 15) is 9.59 Å². The first-order chi connectivity index (χ1) is 7.52. The van der Waals surface area contributed by atoms with Gasteiger partial charge in [0.15, 0.2) is 5.17 Å². The van der Waals surface area contributed by atoms with E-state index >= 15 is 0 Å². The summed E-state index contributed by atoms with van der Waals surface area (Å²) in [5, 5.41) is 18.6. The standard InChI is InChI=1S/C9H13N3O3S/c1-3-5(2)11-12-9-10-8(15)6(16-9)4-7(13)14/h6H,3-4H2,1-2H3,(H,13,14)(H,10,12,15)/b11-5-/t6-/m1/s1. The lowest BCUT2D eigenvalue weighted by molar-refractivity contribution is -0.138. The first-order valence-electron chi connectivity index (χ1n) is 4.83. The third-order valence-corrected chi connectivity index (χ3v) is 3.03. The van der Waals surface area contributed by atoms with Gasteiger partial charge in [-0.1, -0.05) is 18.7 Å². The van der Waals surface area contributed by atoms with Crippen molar-refractivity contribution in [1.29, 1.82) is 0 Å². The first kappa shape index (κ1) is 12.7. The van der Waals surface area contributed by atoms with Gasteiger partial charge in [-0.3, -0.25) is 9.59 Å². The van der Waals surface area contributed by atoms with Gasteiger partial charge in [0.25, 0.3) is 0 Å². The minimum atomic E-state index is -0.998. The number of thioether (sulfide) groups is 1. The highest BCUT2D eigenvalue weighted by molar-refractivity contribution is 8.15. The van der Waals surface area contributed by atoms with Crippen LogP contribution in [-0.2, 0) is 9.59 Å². The summed E-state index contributed by atoms with van der Waals surface area (Å²) in [6.45, 7) is 3.78. The number of nitrogens with zero attached hydrogens (tertiary/aromatic N) is 2. The van der Waals surface area contributed by atoms with Gasteiger partial charge in [-0.05, 0) is 13.3 Å². The number of aliphatic carboxylic acids is 1. The van der Waals surface area contributed by atoms with E-state index in [0.29, 0.717) is 5.17 Å². The minimum absolute atomic E-state index is 0.202. The normalized spacial score (nSPS) is 23.6. The smallest absolute Gasteiger partial charge is 0.305 e. The van der Waals surface area contributed by atoms with Crippen molar-refractivity contribution in [3.8, 4) is 0 Å². The van der Waals surface area contributed by atoms with Gasteiger partial charge in [-0.2, -0.15) is 5.10 Å². The van der Waals surface area contributed by atoms with E-state index in [1.54, 1.807) is 0 Å². The molecule has 0 spiro atoms. The number of carbonyl (C=O) groups excluding carboxylic acids is 1. The maximum atomic E-state index is 11.3. The second-order valence-electron chi connectivity index (χ2n) is 3.29. The number of rotatable bonds is 4. The number of carbonyl (C=O) groups is 2. The van der Waals surface area contributed by atoms with Crippen molar-refractivity contribution in [1.82, 2.24) is 5.32 Å². The zero-order valence-electron chi connectivity index (χ0n) is 9.06. The Morgan fingerprint density at radius 2 is 2.31 bits per heavy atom. The van der Waals surface area contributed by atoms with Crippen molar-refractivity contribution >= 4 is 34.5 Å². The molecule has 1 heterocycles. The van der Waals surface area contributed by atoms with Crippen LogP contribution in [-0.4, -0.2) is 33.1 Å². The molecule has 2 N–H and O–H groups in total. The van der Waals surface area contributed by atoms with Crippen LogP contribution in [0.5, 0.6) is 0 Å². The maximum absolute atomic E-state index is 11.3. The summed E-state index contributed by atoms with van der Waals surface area (Å²) in [6, 6.07) is 0. The largest absolute Gasteiger partial charge is 0.481 e. The number of carboxylic acids is 1. The maximum Gasteiger partial charge on any atom is 0.305 e. The average Bonchev–Trinajstić information content (AvgIpc) is 2.55. The molecule has 7 heteroatoms. The van der Waals surface area contributed by atoms with E-state index in [4.69, 9.17) is 5.11 Å². The highest BCUT2D eigenvalue weighted by Gasteiger charge is 2.32. The number of amidine groups is 1. The molecule has 0 saturated carbocycles. The van der Waals surface area contributed by atoms with E-state index in [0.717, 1.165) is 23.9 Å². The van der Waals surface area contributed by atoms with E-state index < -0.39 is 11.2 Å². The molecule has 88 valence electrons. The number of hydrogen-bond donors (Lipinski definition) is 2. The van der Waals surface area contributed by atoms with Crippen molar-refractivity contribution < 1.29 is 14.7 Å². The van der Waals surface area contributed by atoms with Crippen LogP contribution in [0.2, 0.25) is 0 Å². The first-order valence-corrected chi connectivity index (χ1v) is 5.71. The molecule has 16 heavy (non-hydrogen) atoms. The molecular weight excluding hydrogens is 230 g/mol. The Hall–Kier alpha value is -1.37. The molecule has 0 aromatic carbocycles. The lowest BCUT2D eigenvalue weighted by Crippen LogP contribution is -2.26. The van der Waals surface area contributed by atoms with Crippen molar-refractivity contribution in [3.63, 3.8) is 0 Å². The Labute approximate surface area is 97.2 Å². The number of nitrogens with one attached hydrogen (secondary N) is 1. The van der Waals surface area contributed by atoms with Crippen LogP contribution >= 0.6 is 11.8 Å². The van der Waals surface area contributed by atoms with Crippen LogP contribution in [0.3, 0.4) is 0 Å². The molecule has 0 radical (unpaired) electrons. The quantitative estimate of drug-likeness (QED) is 0.565. The predicted octanol–water partition coefficient (Wildman–Crippen LogP) is 0.835. The lowest BCUT2D eigenvalue weighted by atomic mass is 10.3. The monoisotopic (exact) mass is 243 g/mol. The summed E-state index contributed by atoms with van der Waals surface area (Å²) in [7, 11) is 0. The topological polar surface area (TPSA) is 91.1 Å². The van der Waals surface area contributed by atoms with Gasteiger partial charge >= 0.3 is 5.97 Å². The molecule has 6 nitrogen and oxygen atoms in total. The van der Waals surface area contributed by atoms with Gasteiger partial charge in [-0.25, -0.2) is 0 Å². The van der Waals surface area contributed by atoms with E-state index in [2.05, 4.69) is 15.5 Å². The number of amides is 1. The van der Waals surface area contributed by atoms with Gasteiger partial charge < -0.3 is 10.4 Å². The highest BCUT2D eigenvalue weighted by Crippen LogP contribution is 2.22. The SMILES string of the molecule is CC/C(C)=N\N=C1\NC(=O)[C@@H](CC(=O)O)S1. The molecule has 0 unspecified atom stereocenters. The van der Waals surface area contributed by atoms with Crippen LogP contribution in [0.25, 0.3) is 0 Å². The summed E-state index contributed by atoms with van der Waals surface area (Å²) in [5.74, 6) is -1.32. The number of carboxylic acid groups (broad SMARTS) is 1. The second kappa shape index (κ2) is 5.64. The molecule has 1 fully saturated rings. The molecule has 1 aliphatic rings. The number of hydrogen-bond acceptors (Lipinski definition) is 5. The van der Waals surface area contributed by atoms with Crippen LogP contribution in [0.4, 0.5) is 0 Å². The van der Waals surface area contributed by atoms with Gasteiger partial charge in [0.2, 0.25) is 5.91 Å². The van der Waals surface area contributed by atoms with Crippen molar-refractivity contribution in [3.05, 3.63) is 0 Å². The fourth-order valence-corrected chi connectivity index (χ4v) is 1.86. The summed E-state index contributed by atoms with van der Waals surface area (Å²) >= 11 is 1.10. The van der Waals surface area contributed by atoms with Crippen LogP contribution in [0, 0.1) is 0 Å². The fourth-order valence-electron chi connectivity index (χ4n) is 0.947. The van der Waals surface area contributed by atoms with E-state index in [1.807, 2.05) is 13.8 Å². The Morgan fingerprint density at radius 1 is 1.62 bits per heavy atom. The molecule has 1 amide bonds. The Bertz CT molecular complexity index is 365. The van der Waals surface area contributed by atoms with E-state index in [-0.39, 0.29) is 12.3 Å². The summed E-state index contributed by atoms with van der Waals surface area (Å²) in [6.07, 6.45) is 0.583. The molecule has 0 aromatic heterocycles. The molecule has 1 saturated heterocycles. The Balaban J connectivity index is 2.62. The van der Waals surface area contributed by atoms with Crippen molar-refractivity contribution in [2.75, 3.05) is 0 Å². The molecule has 0 aromatic rings. The second-order valence-corrected chi connectivity index (χ2v) is 4.48. The van der Waals surface area contributed by atoms with Crippen molar-refractivity contribution in [2.45, 2.75) is 31.9 Å².